The van der Waals surface area contributed by atoms with E-state index in [1.165, 1.54) is 43.2 Å². The number of methoxy groups -OCH3 is 2. The van der Waals surface area contributed by atoms with Gasteiger partial charge in [-0.15, -0.1) is 0 Å². The summed E-state index contributed by atoms with van der Waals surface area (Å²) in [6.45, 7) is 17.9. The topological polar surface area (TPSA) is 338 Å². The van der Waals surface area contributed by atoms with Crippen LogP contribution in [0.4, 0.5) is 4.79 Å². The van der Waals surface area contributed by atoms with Crippen molar-refractivity contribution in [2.24, 2.45) is 35.3 Å². The molecule has 2 aliphatic heterocycles. The minimum absolute atomic E-state index is 0.00848. The van der Waals surface area contributed by atoms with Crippen molar-refractivity contribution in [1.82, 2.24) is 51.5 Å². The van der Waals surface area contributed by atoms with E-state index in [-0.39, 0.29) is 68.3 Å². The van der Waals surface area contributed by atoms with E-state index in [1.807, 2.05) is 32.0 Å². The van der Waals surface area contributed by atoms with Crippen LogP contribution in [0, 0.1) is 29.6 Å². The summed E-state index contributed by atoms with van der Waals surface area (Å²) in [7, 11) is 6.01. The van der Waals surface area contributed by atoms with Gasteiger partial charge in [-0.3, -0.25) is 52.8 Å². The Morgan fingerprint density at radius 3 is 1.92 bits per heavy atom. The van der Waals surface area contributed by atoms with Crippen LogP contribution in [0.25, 0.3) is 0 Å². The van der Waals surface area contributed by atoms with Gasteiger partial charge in [0.1, 0.15) is 24.2 Å². The predicted molar refractivity (Wildman–Crippen MR) is 326 cm³/mol. The van der Waals surface area contributed by atoms with Gasteiger partial charge in [-0.25, -0.2) is 4.79 Å². The van der Waals surface area contributed by atoms with Crippen molar-refractivity contribution in [3.8, 4) is 0 Å². The van der Waals surface area contributed by atoms with Gasteiger partial charge in [0.05, 0.1) is 55.3 Å². The predicted octanol–water partition coefficient (Wildman–Crippen LogP) is 2.44. The molecule has 1 aromatic rings. The molecule has 2 aliphatic rings. The van der Waals surface area contributed by atoms with Crippen molar-refractivity contribution in [2.45, 2.75) is 194 Å². The number of nitrogens with one attached hydrogen (secondary N) is 6. The number of benzene rings is 1. The van der Waals surface area contributed by atoms with Crippen molar-refractivity contribution in [2.75, 3.05) is 54.5 Å². The quantitative estimate of drug-likeness (QED) is 0.0351. The molecule has 9 N–H and O–H groups in total. The Hall–Kier alpha value is -6.99. The first-order chi connectivity index (χ1) is 41.0. The first kappa shape index (κ1) is 74.3. The Kier molecular flexibility index (Phi) is 31.0. The zero-order chi connectivity index (χ0) is 65.4. The number of ether oxygens (including phenoxy) is 2. The number of imide groups is 1. The number of rotatable bonds is 37. The molecule has 87 heavy (non-hydrogen) atoms. The third-order valence-corrected chi connectivity index (χ3v) is 16.7. The second-order valence-corrected chi connectivity index (χ2v) is 24.1. The van der Waals surface area contributed by atoms with Crippen LogP contribution in [0.1, 0.15) is 145 Å². The Balaban J connectivity index is 1.72. The number of nitrogens with two attached hydrogens (primary N) is 1. The summed E-state index contributed by atoms with van der Waals surface area (Å²) in [5.74, 6) is -7.22. The van der Waals surface area contributed by atoms with E-state index < -0.39 is 132 Å². The standard InChI is InChI=1S/C62H101N11O14/c1-15-39(8)54(45(86-13)34-49(77)72-33-23-27-44(72)56(87-14)40(9)57(80)66-41(10)55(79)42-24-18-16-19-25-42)71(12)61(84)52(37(4)5)69-60(83)53(38(6)7)70(11)50(78)35-65-58(81)43(26-22-31-64-62(63)85)67-59(82)51(36(2)3)68-46(74)28-20-17-21-32-73-47(75)29-30-48(73)76/h16,18-19,24-25,29-30,36-41,43-45,51-56,79H,15,17,20-23,26-28,31-35H2,1-14H3,(H,65,81)(H,66,80)(H,67,82)(H,68,74)(H,69,83)(H3,63,64,85)/t39-,40+,41+,43-,44-,45+,51-,52-,53-,54-,55+,56+/m0/s1. The number of hydrogen-bond acceptors (Lipinski definition) is 14. The first-order valence-electron chi connectivity index (χ1n) is 30.7. The summed E-state index contributed by atoms with van der Waals surface area (Å²) < 4.78 is 12.0. The van der Waals surface area contributed by atoms with Crippen LogP contribution < -0.4 is 37.6 Å². The van der Waals surface area contributed by atoms with Crippen molar-refractivity contribution in [3.63, 3.8) is 0 Å². The smallest absolute Gasteiger partial charge is 0.312 e. The van der Waals surface area contributed by atoms with Crippen LogP contribution >= 0.6 is 0 Å². The van der Waals surface area contributed by atoms with E-state index in [9.17, 15) is 57.8 Å². The number of urea groups is 1. The third kappa shape index (κ3) is 22.0. The summed E-state index contributed by atoms with van der Waals surface area (Å²) >= 11 is 0. The molecule has 0 aliphatic carbocycles. The van der Waals surface area contributed by atoms with Crippen LogP contribution in [0.3, 0.4) is 0 Å². The highest BCUT2D eigenvalue weighted by Crippen LogP contribution is 2.30. The lowest BCUT2D eigenvalue weighted by Gasteiger charge is -2.41. The van der Waals surface area contributed by atoms with Gasteiger partial charge >= 0.3 is 6.03 Å². The van der Waals surface area contributed by atoms with E-state index in [2.05, 4.69) is 31.9 Å². The maximum atomic E-state index is 14.8. The van der Waals surface area contributed by atoms with E-state index in [0.717, 1.165) is 4.90 Å². The number of aliphatic hydroxyl groups excluding tert-OH is 1. The zero-order valence-corrected chi connectivity index (χ0v) is 53.7. The number of likely N-dealkylation sites (tertiary alicyclic amines) is 1. The van der Waals surface area contributed by atoms with Crippen molar-refractivity contribution in [1.29, 1.82) is 0 Å². The molecule has 25 nitrogen and oxygen atoms in total. The second kappa shape index (κ2) is 36.4. The molecule has 12 atom stereocenters. The molecule has 0 unspecified atom stereocenters. The van der Waals surface area contributed by atoms with Crippen LogP contribution in [0.2, 0.25) is 0 Å². The molecular formula is C62H101N11O14. The first-order valence-corrected chi connectivity index (χ1v) is 30.7. The molecule has 1 saturated heterocycles. The molecule has 488 valence electrons. The zero-order valence-electron chi connectivity index (χ0n) is 53.7. The van der Waals surface area contributed by atoms with Gasteiger partial charge in [0.25, 0.3) is 11.8 Å². The maximum Gasteiger partial charge on any atom is 0.312 e. The Morgan fingerprint density at radius 1 is 0.724 bits per heavy atom. The molecule has 3 rings (SSSR count). The Labute approximate surface area is 514 Å². The molecule has 0 radical (unpaired) electrons. The Morgan fingerprint density at radius 2 is 1.36 bits per heavy atom. The fraction of sp³-hybridized carbons (Fsp3) is 0.694. The molecule has 2 heterocycles. The molecule has 0 saturated carbocycles. The lowest BCUT2D eigenvalue weighted by atomic mass is 9.89. The summed E-state index contributed by atoms with van der Waals surface area (Å²) in [6, 6.07) is 1.99. The van der Waals surface area contributed by atoms with Crippen molar-refractivity contribution < 1.29 is 67.3 Å². The molecule has 0 aromatic heterocycles. The number of carbonyl (C=O) groups excluding carboxylic acids is 11. The second-order valence-electron chi connectivity index (χ2n) is 24.1. The van der Waals surface area contributed by atoms with Crippen LogP contribution in [0.15, 0.2) is 42.5 Å². The maximum absolute atomic E-state index is 14.8. The van der Waals surface area contributed by atoms with Gasteiger partial charge in [-0.05, 0) is 74.7 Å². The van der Waals surface area contributed by atoms with Gasteiger partial charge in [0.2, 0.25) is 47.3 Å². The highest BCUT2D eigenvalue weighted by molar-refractivity contribution is 6.12. The minimum atomic E-state index is -1.24. The average Bonchev–Trinajstić information content (AvgIpc) is 4.25. The SMILES string of the molecule is CC[C@H](C)[C@@H]([C@@H](CC(=O)N1CCC[C@H]1[C@H](OC)[C@@H](C)C(=O)N[C@H](C)[C@@H](O)c1ccccc1)OC)N(C)C(=O)[C@@H](NC(=O)[C@H](C(C)C)N(C)C(=O)CNC(=O)[C@H](CCCNC(N)=O)NC(=O)[C@@H](NC(=O)CCCCCN1C(=O)C=CC1=O)C(C)C)C(C)C. The van der Waals surface area contributed by atoms with E-state index in [4.69, 9.17) is 15.2 Å². The van der Waals surface area contributed by atoms with Crippen LogP contribution in [-0.2, 0) is 57.4 Å². The number of likely N-dealkylation sites (N-methyl/N-ethyl adjacent to an activating group) is 2. The number of hydrogen-bond donors (Lipinski definition) is 8. The van der Waals surface area contributed by atoms with Crippen molar-refractivity contribution in [3.05, 3.63) is 48.0 Å². The highest BCUT2D eigenvalue weighted by atomic mass is 16.5. The fourth-order valence-electron chi connectivity index (χ4n) is 11.4. The molecule has 1 fully saturated rings. The number of unbranched alkanes of at least 4 members (excludes halogenated alkanes) is 2. The number of amides is 12. The normalized spacial score (nSPS) is 17.9. The summed E-state index contributed by atoms with van der Waals surface area (Å²) in [5.41, 5.74) is 5.90. The fourth-order valence-corrected chi connectivity index (χ4v) is 11.4. The molecular weight excluding hydrogens is 1120 g/mol. The lowest BCUT2D eigenvalue weighted by Crippen LogP contribution is -2.61. The van der Waals surface area contributed by atoms with Gasteiger partial charge in [0.15, 0.2) is 0 Å². The minimum Gasteiger partial charge on any atom is -0.386 e. The summed E-state index contributed by atoms with van der Waals surface area (Å²) in [5, 5.41) is 27.2. The van der Waals surface area contributed by atoms with E-state index in [0.29, 0.717) is 50.6 Å². The van der Waals surface area contributed by atoms with Crippen LogP contribution in [-0.4, -0.2) is 199 Å². The number of carbonyl (C=O) groups is 11. The van der Waals surface area contributed by atoms with Gasteiger partial charge in [-0.1, -0.05) is 105 Å². The lowest BCUT2D eigenvalue weighted by molar-refractivity contribution is -0.148. The summed E-state index contributed by atoms with van der Waals surface area (Å²) in [4.78, 5) is 153. The average molecular weight is 1220 g/mol. The molecule has 0 bridgehead atoms. The van der Waals surface area contributed by atoms with E-state index >= 15 is 0 Å². The van der Waals surface area contributed by atoms with E-state index in [1.54, 1.807) is 79.5 Å². The Bertz CT molecular complexity index is 2500. The third-order valence-electron chi connectivity index (χ3n) is 16.7. The molecule has 12 amide bonds. The van der Waals surface area contributed by atoms with Crippen LogP contribution in [0.5, 0.6) is 0 Å². The van der Waals surface area contributed by atoms with Crippen molar-refractivity contribution >= 4 is 65.1 Å². The largest absolute Gasteiger partial charge is 0.386 e. The van der Waals surface area contributed by atoms with Gasteiger partial charge in [0, 0.05) is 66.5 Å². The monoisotopic (exact) mass is 1220 g/mol. The highest BCUT2D eigenvalue weighted by Gasteiger charge is 2.44. The van der Waals surface area contributed by atoms with Gasteiger partial charge < -0.3 is 66.9 Å². The number of primary amides is 1. The summed E-state index contributed by atoms with van der Waals surface area (Å²) in [6.07, 6.45) is 3.41. The number of nitrogens with zero attached hydrogens (tertiary/aromatic N) is 4. The molecule has 0 spiro atoms. The molecule has 25 heteroatoms. The number of aliphatic hydroxyl groups is 1. The van der Waals surface area contributed by atoms with Gasteiger partial charge in [-0.2, -0.15) is 0 Å². The molecule has 1 aromatic carbocycles.